The van der Waals surface area contributed by atoms with Gasteiger partial charge in [-0.3, -0.25) is 4.90 Å². The van der Waals surface area contributed by atoms with Crippen LogP contribution in [0.25, 0.3) is 6.08 Å². The summed E-state index contributed by atoms with van der Waals surface area (Å²) in [5.74, 6) is 1.06. The molecule has 3 heteroatoms. The van der Waals surface area contributed by atoms with Crippen LogP contribution in [0.5, 0.6) is 5.75 Å². The maximum absolute atomic E-state index is 8.81. The molecule has 0 spiro atoms. The highest BCUT2D eigenvalue weighted by Crippen LogP contribution is 2.26. The lowest BCUT2D eigenvalue weighted by molar-refractivity contribution is 0.287. The third-order valence-corrected chi connectivity index (χ3v) is 4.20. The molecule has 1 aliphatic heterocycles. The Morgan fingerprint density at radius 3 is 2.83 bits per heavy atom. The van der Waals surface area contributed by atoms with Gasteiger partial charge in [0.25, 0.3) is 0 Å². The van der Waals surface area contributed by atoms with E-state index in [9.17, 15) is 0 Å². The van der Waals surface area contributed by atoms with E-state index in [1.54, 1.807) is 0 Å². The molecule has 3 rings (SSSR count). The van der Waals surface area contributed by atoms with E-state index in [0.717, 1.165) is 43.9 Å². The summed E-state index contributed by atoms with van der Waals surface area (Å²) in [6.07, 6.45) is 6.48. The summed E-state index contributed by atoms with van der Waals surface area (Å²) in [6, 6.07) is 16.3. The quantitative estimate of drug-likeness (QED) is 0.835. The summed E-state index contributed by atoms with van der Waals surface area (Å²) in [5.41, 5.74) is 4.42. The van der Waals surface area contributed by atoms with Gasteiger partial charge in [0.2, 0.25) is 0 Å². The van der Waals surface area contributed by atoms with Crippen molar-refractivity contribution in [3.63, 3.8) is 0 Å². The van der Waals surface area contributed by atoms with E-state index in [4.69, 9.17) is 10.00 Å². The molecule has 2 aromatic rings. The zero-order valence-corrected chi connectivity index (χ0v) is 14.0. The second-order valence-corrected chi connectivity index (χ2v) is 6.23. The Labute approximate surface area is 143 Å². The summed E-state index contributed by atoms with van der Waals surface area (Å²) >= 11 is 0. The number of hydrogen-bond acceptors (Lipinski definition) is 3. The third kappa shape index (κ3) is 4.24. The number of nitriles is 1. The van der Waals surface area contributed by atoms with Gasteiger partial charge >= 0.3 is 0 Å². The minimum absolute atomic E-state index is 0.693. The van der Waals surface area contributed by atoms with Crippen LogP contribution in [0.4, 0.5) is 0 Å². The molecule has 0 radical (unpaired) electrons. The first-order valence-corrected chi connectivity index (χ1v) is 8.34. The SMILES string of the molecule is CN(C/C=C/c1ccc(C#N)cc1)Cc1ccc2c(c1)OCCC2. The van der Waals surface area contributed by atoms with Crippen molar-refractivity contribution in [3.8, 4) is 11.8 Å². The largest absolute Gasteiger partial charge is 0.493 e. The van der Waals surface area contributed by atoms with Crippen LogP contribution in [-0.4, -0.2) is 25.1 Å². The van der Waals surface area contributed by atoms with Crippen molar-refractivity contribution in [1.29, 1.82) is 5.26 Å². The summed E-state index contributed by atoms with van der Waals surface area (Å²) < 4.78 is 5.75. The second-order valence-electron chi connectivity index (χ2n) is 6.23. The van der Waals surface area contributed by atoms with Crippen molar-refractivity contribution in [3.05, 3.63) is 70.8 Å². The summed E-state index contributed by atoms with van der Waals surface area (Å²) in [5, 5.41) is 8.81. The van der Waals surface area contributed by atoms with Crippen LogP contribution in [0.15, 0.2) is 48.5 Å². The maximum Gasteiger partial charge on any atom is 0.122 e. The lowest BCUT2D eigenvalue weighted by atomic mass is 10.0. The molecule has 24 heavy (non-hydrogen) atoms. The van der Waals surface area contributed by atoms with Crippen molar-refractivity contribution in [2.24, 2.45) is 0 Å². The van der Waals surface area contributed by atoms with Gasteiger partial charge in [-0.25, -0.2) is 0 Å². The Morgan fingerprint density at radius 1 is 1.21 bits per heavy atom. The van der Waals surface area contributed by atoms with Gasteiger partial charge in [0.05, 0.1) is 18.2 Å². The predicted octanol–water partition coefficient (Wildman–Crippen LogP) is 4.03. The number of fused-ring (bicyclic) bond motifs is 1. The van der Waals surface area contributed by atoms with Gasteiger partial charge in [0, 0.05) is 13.1 Å². The fourth-order valence-corrected chi connectivity index (χ4v) is 2.90. The molecule has 2 aromatic carbocycles. The van der Waals surface area contributed by atoms with Crippen LogP contribution in [-0.2, 0) is 13.0 Å². The summed E-state index contributed by atoms with van der Waals surface area (Å²) in [7, 11) is 2.11. The molecule has 1 heterocycles. The van der Waals surface area contributed by atoms with E-state index in [-0.39, 0.29) is 0 Å². The number of hydrogen-bond donors (Lipinski definition) is 0. The van der Waals surface area contributed by atoms with Gasteiger partial charge in [-0.1, -0.05) is 36.4 Å². The van der Waals surface area contributed by atoms with Crippen molar-refractivity contribution in [2.45, 2.75) is 19.4 Å². The topological polar surface area (TPSA) is 36.3 Å². The normalized spacial score (nSPS) is 13.5. The summed E-state index contributed by atoms with van der Waals surface area (Å²) in [6.45, 7) is 2.60. The first-order valence-electron chi connectivity index (χ1n) is 8.34. The first-order chi connectivity index (χ1) is 11.7. The minimum atomic E-state index is 0.693. The van der Waals surface area contributed by atoms with Crippen molar-refractivity contribution >= 4 is 6.08 Å². The predicted molar refractivity (Wildman–Crippen MR) is 96.8 cm³/mol. The van der Waals surface area contributed by atoms with E-state index in [0.29, 0.717) is 5.56 Å². The third-order valence-electron chi connectivity index (χ3n) is 4.20. The van der Waals surface area contributed by atoms with E-state index in [1.165, 1.54) is 11.1 Å². The molecular formula is C21H22N2O. The van der Waals surface area contributed by atoms with Gasteiger partial charge in [-0.05, 0) is 54.8 Å². The standard InChI is InChI=1S/C21H22N2O/c1-23(12-2-4-17-6-8-18(15-22)9-7-17)16-19-10-11-20-5-3-13-24-21(20)14-19/h2,4,6-11,14H,3,5,12-13,16H2,1H3/b4-2+. The van der Waals surface area contributed by atoms with Crippen LogP contribution in [0, 0.1) is 11.3 Å². The lowest BCUT2D eigenvalue weighted by Gasteiger charge is -2.20. The van der Waals surface area contributed by atoms with Crippen LogP contribution < -0.4 is 4.74 Å². The average Bonchev–Trinajstić information content (AvgIpc) is 2.62. The second kappa shape index (κ2) is 7.81. The lowest BCUT2D eigenvalue weighted by Crippen LogP contribution is -2.18. The van der Waals surface area contributed by atoms with Gasteiger partial charge in [0.15, 0.2) is 0 Å². The molecule has 122 valence electrons. The van der Waals surface area contributed by atoms with Crippen LogP contribution in [0.1, 0.15) is 28.7 Å². The van der Waals surface area contributed by atoms with E-state index < -0.39 is 0 Å². The number of benzene rings is 2. The van der Waals surface area contributed by atoms with Crippen molar-refractivity contribution < 1.29 is 4.74 Å². The number of ether oxygens (including phenoxy) is 1. The molecule has 0 fully saturated rings. The molecule has 0 aromatic heterocycles. The monoisotopic (exact) mass is 318 g/mol. The number of likely N-dealkylation sites (N-methyl/N-ethyl adjacent to an activating group) is 1. The molecule has 0 atom stereocenters. The number of rotatable bonds is 5. The fourth-order valence-electron chi connectivity index (χ4n) is 2.90. The number of nitrogens with zero attached hydrogens (tertiary/aromatic N) is 2. The molecule has 0 amide bonds. The zero-order valence-electron chi connectivity index (χ0n) is 14.0. The Hall–Kier alpha value is -2.57. The molecule has 0 saturated carbocycles. The van der Waals surface area contributed by atoms with Crippen molar-refractivity contribution in [1.82, 2.24) is 4.90 Å². The van der Waals surface area contributed by atoms with E-state index in [2.05, 4.69) is 48.4 Å². The van der Waals surface area contributed by atoms with Crippen LogP contribution in [0.3, 0.4) is 0 Å². The Morgan fingerprint density at radius 2 is 2.04 bits per heavy atom. The maximum atomic E-state index is 8.81. The van der Waals surface area contributed by atoms with E-state index >= 15 is 0 Å². The Balaban J connectivity index is 1.54. The molecule has 0 aliphatic carbocycles. The molecular weight excluding hydrogens is 296 g/mol. The first kappa shape index (κ1) is 16.3. The van der Waals surface area contributed by atoms with Gasteiger partial charge < -0.3 is 4.74 Å². The minimum Gasteiger partial charge on any atom is -0.493 e. The Bertz CT molecular complexity index is 756. The highest BCUT2D eigenvalue weighted by Gasteiger charge is 2.10. The smallest absolute Gasteiger partial charge is 0.122 e. The molecule has 0 bridgehead atoms. The van der Waals surface area contributed by atoms with Crippen LogP contribution >= 0.6 is 0 Å². The van der Waals surface area contributed by atoms with Gasteiger partial charge in [-0.2, -0.15) is 5.26 Å². The fraction of sp³-hybridized carbons (Fsp3) is 0.286. The molecule has 0 unspecified atom stereocenters. The molecule has 0 N–H and O–H groups in total. The highest BCUT2D eigenvalue weighted by atomic mass is 16.5. The molecule has 0 saturated heterocycles. The van der Waals surface area contributed by atoms with Gasteiger partial charge in [0.1, 0.15) is 5.75 Å². The highest BCUT2D eigenvalue weighted by molar-refractivity contribution is 5.51. The van der Waals surface area contributed by atoms with Crippen molar-refractivity contribution in [2.75, 3.05) is 20.2 Å². The van der Waals surface area contributed by atoms with Crippen LogP contribution in [0.2, 0.25) is 0 Å². The van der Waals surface area contributed by atoms with E-state index in [1.807, 2.05) is 24.3 Å². The summed E-state index contributed by atoms with van der Waals surface area (Å²) in [4.78, 5) is 2.27. The molecule has 3 nitrogen and oxygen atoms in total. The molecule has 1 aliphatic rings. The van der Waals surface area contributed by atoms with Gasteiger partial charge in [-0.15, -0.1) is 0 Å². The number of aryl methyl sites for hydroxylation is 1. The Kier molecular flexibility index (Phi) is 5.30. The average molecular weight is 318 g/mol. The zero-order chi connectivity index (χ0) is 16.8.